The number of allylic oxidation sites excluding steroid dienone is 1. The lowest BCUT2D eigenvalue weighted by molar-refractivity contribution is 0.162. The van der Waals surface area contributed by atoms with Crippen LogP contribution in [0.15, 0.2) is 34.6 Å². The Hall–Kier alpha value is -1.22. The number of nitrogens with one attached hydrogen (secondary N) is 1. The minimum atomic E-state index is 0.0744. The lowest BCUT2D eigenvalue weighted by Crippen LogP contribution is -2.24. The van der Waals surface area contributed by atoms with Gasteiger partial charge in [0, 0.05) is 0 Å². The van der Waals surface area contributed by atoms with Crippen LogP contribution in [0.5, 0.6) is 0 Å². The Morgan fingerprint density at radius 1 is 1.53 bits per heavy atom. The molecule has 0 saturated heterocycles. The van der Waals surface area contributed by atoms with Gasteiger partial charge in [-0.25, -0.2) is 0 Å². The maximum atomic E-state index is 5.66. The fourth-order valence-electron chi connectivity index (χ4n) is 1.78. The van der Waals surface area contributed by atoms with Gasteiger partial charge >= 0.3 is 0 Å². The third kappa shape index (κ3) is 2.42. The molecule has 15 heavy (non-hydrogen) atoms. The first kappa shape index (κ1) is 10.3. The van der Waals surface area contributed by atoms with E-state index in [0.717, 1.165) is 37.5 Å². The summed E-state index contributed by atoms with van der Waals surface area (Å²) in [5.74, 6) is 1.92. The highest BCUT2D eigenvalue weighted by molar-refractivity contribution is 5.17. The van der Waals surface area contributed by atoms with Gasteiger partial charge in [0.15, 0.2) is 0 Å². The van der Waals surface area contributed by atoms with Gasteiger partial charge in [-0.1, -0.05) is 6.92 Å². The van der Waals surface area contributed by atoms with Crippen LogP contribution in [0.4, 0.5) is 0 Å². The summed E-state index contributed by atoms with van der Waals surface area (Å²) in [6.07, 6.45) is 6.06. The maximum absolute atomic E-state index is 5.66. The highest BCUT2D eigenvalue weighted by Gasteiger charge is 2.20. The fraction of sp³-hybridized carbons (Fsp3) is 0.500. The summed E-state index contributed by atoms with van der Waals surface area (Å²) < 4.78 is 11.1. The smallest absolute Gasteiger partial charge is 0.128 e. The molecule has 0 saturated carbocycles. The van der Waals surface area contributed by atoms with Crippen molar-refractivity contribution in [1.82, 2.24) is 5.32 Å². The number of likely N-dealkylation sites (N-methyl/N-ethyl adjacent to an activating group) is 1. The van der Waals surface area contributed by atoms with E-state index in [9.17, 15) is 0 Å². The molecule has 82 valence electrons. The standard InChI is InChI=1S/C12H17NO2/c1-2-13-12(11-7-5-9-15-11)10-6-3-4-8-14-10/h5-7,9,12-13H,2-4,8H2,1H3. The summed E-state index contributed by atoms with van der Waals surface area (Å²) in [5.41, 5.74) is 0. The van der Waals surface area contributed by atoms with Crippen LogP contribution in [0.3, 0.4) is 0 Å². The molecule has 1 N–H and O–H groups in total. The van der Waals surface area contributed by atoms with Crippen molar-refractivity contribution in [3.8, 4) is 0 Å². The topological polar surface area (TPSA) is 34.4 Å². The third-order valence-electron chi connectivity index (χ3n) is 2.48. The highest BCUT2D eigenvalue weighted by Crippen LogP contribution is 2.26. The molecule has 1 unspecified atom stereocenters. The molecule has 3 heteroatoms. The fourth-order valence-corrected chi connectivity index (χ4v) is 1.78. The summed E-state index contributed by atoms with van der Waals surface area (Å²) in [6.45, 7) is 3.79. The second-order valence-corrected chi connectivity index (χ2v) is 3.60. The van der Waals surface area contributed by atoms with Gasteiger partial charge < -0.3 is 14.5 Å². The van der Waals surface area contributed by atoms with E-state index in [1.54, 1.807) is 6.26 Å². The molecule has 1 aromatic rings. The molecular weight excluding hydrogens is 190 g/mol. The van der Waals surface area contributed by atoms with Crippen molar-refractivity contribution in [2.75, 3.05) is 13.2 Å². The van der Waals surface area contributed by atoms with Crippen molar-refractivity contribution >= 4 is 0 Å². The lowest BCUT2D eigenvalue weighted by Gasteiger charge is -2.22. The van der Waals surface area contributed by atoms with Crippen LogP contribution >= 0.6 is 0 Å². The van der Waals surface area contributed by atoms with Crippen LogP contribution in [0.25, 0.3) is 0 Å². The Balaban J connectivity index is 2.15. The summed E-state index contributed by atoms with van der Waals surface area (Å²) in [4.78, 5) is 0. The quantitative estimate of drug-likeness (QED) is 0.824. The first-order valence-electron chi connectivity index (χ1n) is 5.51. The van der Waals surface area contributed by atoms with Crippen molar-refractivity contribution in [2.24, 2.45) is 0 Å². The molecule has 1 atom stereocenters. The van der Waals surface area contributed by atoms with E-state index in [-0.39, 0.29) is 6.04 Å². The maximum Gasteiger partial charge on any atom is 0.128 e. The summed E-state index contributed by atoms with van der Waals surface area (Å²) >= 11 is 0. The van der Waals surface area contributed by atoms with E-state index >= 15 is 0 Å². The van der Waals surface area contributed by atoms with Crippen LogP contribution in [0, 0.1) is 0 Å². The molecule has 0 aliphatic carbocycles. The van der Waals surface area contributed by atoms with Crippen LogP contribution in [0.2, 0.25) is 0 Å². The number of furan rings is 1. The van der Waals surface area contributed by atoms with Gasteiger partial charge in [-0.3, -0.25) is 0 Å². The molecule has 2 heterocycles. The van der Waals surface area contributed by atoms with Gasteiger partial charge in [-0.2, -0.15) is 0 Å². The van der Waals surface area contributed by atoms with E-state index in [4.69, 9.17) is 9.15 Å². The average molecular weight is 207 g/mol. The van der Waals surface area contributed by atoms with E-state index in [1.165, 1.54) is 0 Å². The second-order valence-electron chi connectivity index (χ2n) is 3.60. The second kappa shape index (κ2) is 5.03. The Labute approximate surface area is 90.1 Å². The number of hydrogen-bond donors (Lipinski definition) is 1. The number of hydrogen-bond acceptors (Lipinski definition) is 3. The molecule has 1 aromatic heterocycles. The zero-order chi connectivity index (χ0) is 10.5. The number of ether oxygens (including phenoxy) is 1. The van der Waals surface area contributed by atoms with Crippen molar-refractivity contribution in [3.63, 3.8) is 0 Å². The van der Waals surface area contributed by atoms with Crippen LogP contribution in [0.1, 0.15) is 31.6 Å². The summed E-state index contributed by atoms with van der Waals surface area (Å²) in [5, 5.41) is 3.37. The van der Waals surface area contributed by atoms with E-state index in [0.29, 0.717) is 0 Å². The van der Waals surface area contributed by atoms with Crippen LogP contribution < -0.4 is 5.32 Å². The minimum Gasteiger partial charge on any atom is -0.496 e. The normalized spacial score (nSPS) is 18.1. The van der Waals surface area contributed by atoms with E-state index in [1.807, 2.05) is 12.1 Å². The van der Waals surface area contributed by atoms with Gasteiger partial charge in [0.2, 0.25) is 0 Å². The molecule has 3 nitrogen and oxygen atoms in total. The molecule has 0 spiro atoms. The van der Waals surface area contributed by atoms with E-state index < -0.39 is 0 Å². The summed E-state index contributed by atoms with van der Waals surface area (Å²) in [7, 11) is 0. The molecule has 1 aliphatic heterocycles. The molecule has 0 aromatic carbocycles. The molecule has 0 radical (unpaired) electrons. The molecular formula is C12H17NO2. The zero-order valence-electron chi connectivity index (χ0n) is 9.03. The molecule has 0 bridgehead atoms. The van der Waals surface area contributed by atoms with Crippen molar-refractivity contribution in [2.45, 2.75) is 25.8 Å². The van der Waals surface area contributed by atoms with E-state index in [2.05, 4.69) is 18.3 Å². The Kier molecular flexibility index (Phi) is 3.45. The van der Waals surface area contributed by atoms with Gasteiger partial charge in [0.05, 0.1) is 12.9 Å². The highest BCUT2D eigenvalue weighted by atomic mass is 16.5. The molecule has 1 aliphatic rings. The predicted octanol–water partition coefficient (Wildman–Crippen LogP) is 2.62. The monoisotopic (exact) mass is 207 g/mol. The summed E-state index contributed by atoms with van der Waals surface area (Å²) in [6, 6.07) is 3.96. The van der Waals surface area contributed by atoms with Crippen LogP contribution in [-0.2, 0) is 4.74 Å². The number of rotatable bonds is 4. The Bertz CT molecular complexity index is 316. The van der Waals surface area contributed by atoms with Crippen molar-refractivity contribution in [3.05, 3.63) is 36.0 Å². The van der Waals surface area contributed by atoms with Gasteiger partial charge in [-0.05, 0) is 37.6 Å². The average Bonchev–Trinajstić information content (AvgIpc) is 2.80. The largest absolute Gasteiger partial charge is 0.496 e. The zero-order valence-corrected chi connectivity index (χ0v) is 9.03. The van der Waals surface area contributed by atoms with Gasteiger partial charge in [0.1, 0.15) is 17.6 Å². The minimum absolute atomic E-state index is 0.0744. The Morgan fingerprint density at radius 2 is 2.47 bits per heavy atom. The molecule has 0 fully saturated rings. The van der Waals surface area contributed by atoms with Crippen molar-refractivity contribution < 1.29 is 9.15 Å². The predicted molar refractivity (Wildman–Crippen MR) is 58.4 cm³/mol. The lowest BCUT2D eigenvalue weighted by atomic mass is 10.1. The first-order valence-corrected chi connectivity index (χ1v) is 5.51. The molecule has 2 rings (SSSR count). The third-order valence-corrected chi connectivity index (χ3v) is 2.48. The Morgan fingerprint density at radius 3 is 3.07 bits per heavy atom. The SMILES string of the molecule is CCNC(C1=CCCCO1)c1ccco1. The van der Waals surface area contributed by atoms with Crippen LogP contribution in [-0.4, -0.2) is 13.2 Å². The van der Waals surface area contributed by atoms with Gasteiger partial charge in [-0.15, -0.1) is 0 Å². The molecule has 0 amide bonds. The van der Waals surface area contributed by atoms with Gasteiger partial charge in [0.25, 0.3) is 0 Å². The first-order chi connectivity index (χ1) is 7.42. The van der Waals surface area contributed by atoms with Crippen molar-refractivity contribution in [1.29, 1.82) is 0 Å².